The monoisotopic (exact) mass is 292 g/mol. The van der Waals surface area contributed by atoms with Crippen molar-refractivity contribution in [3.8, 4) is 5.88 Å². The van der Waals surface area contributed by atoms with Gasteiger partial charge in [-0.2, -0.15) is 4.98 Å². The maximum absolute atomic E-state index is 12.0. The summed E-state index contributed by atoms with van der Waals surface area (Å²) in [5.74, 6) is 0.974. The lowest BCUT2D eigenvalue weighted by atomic mass is 10.2. The van der Waals surface area contributed by atoms with Gasteiger partial charge in [-0.1, -0.05) is 5.16 Å². The molecule has 0 aliphatic rings. The second-order valence-electron chi connectivity index (χ2n) is 4.14. The first kappa shape index (κ1) is 14.9. The molecule has 0 saturated heterocycles. The summed E-state index contributed by atoms with van der Waals surface area (Å²) in [6.45, 7) is 2.70. The van der Waals surface area contributed by atoms with Gasteiger partial charge < -0.3 is 19.3 Å². The van der Waals surface area contributed by atoms with Crippen molar-refractivity contribution in [2.45, 2.75) is 13.5 Å². The minimum Gasteiger partial charge on any atom is -0.475 e. The van der Waals surface area contributed by atoms with Crippen LogP contribution >= 0.6 is 0 Å². The molecule has 21 heavy (non-hydrogen) atoms. The molecule has 0 unspecified atom stereocenters. The van der Waals surface area contributed by atoms with Gasteiger partial charge in [-0.25, -0.2) is 4.98 Å². The molecule has 2 heterocycles. The van der Waals surface area contributed by atoms with Gasteiger partial charge in [0.05, 0.1) is 13.2 Å². The smallest absolute Gasteiger partial charge is 0.251 e. The van der Waals surface area contributed by atoms with E-state index in [0.29, 0.717) is 36.4 Å². The van der Waals surface area contributed by atoms with Gasteiger partial charge in [-0.05, 0) is 13.0 Å². The van der Waals surface area contributed by atoms with Crippen molar-refractivity contribution in [1.29, 1.82) is 0 Å². The van der Waals surface area contributed by atoms with Crippen molar-refractivity contribution >= 4 is 5.91 Å². The predicted molar refractivity (Wildman–Crippen MR) is 71.8 cm³/mol. The van der Waals surface area contributed by atoms with Crippen molar-refractivity contribution in [2.24, 2.45) is 0 Å². The maximum Gasteiger partial charge on any atom is 0.251 e. The number of nitrogens with one attached hydrogen (secondary N) is 1. The Morgan fingerprint density at radius 2 is 2.29 bits per heavy atom. The number of rotatable bonds is 7. The van der Waals surface area contributed by atoms with Crippen LogP contribution in [0.25, 0.3) is 0 Å². The first-order valence-corrected chi connectivity index (χ1v) is 6.34. The number of hydrogen-bond acceptors (Lipinski definition) is 7. The first-order valence-electron chi connectivity index (χ1n) is 6.34. The summed E-state index contributed by atoms with van der Waals surface area (Å²) in [5, 5.41) is 6.32. The Hall–Kier alpha value is -2.48. The number of carbonyl (C=O) groups is 1. The minimum atomic E-state index is -0.273. The third kappa shape index (κ3) is 4.53. The van der Waals surface area contributed by atoms with Crippen LogP contribution in [0.15, 0.2) is 22.9 Å². The molecule has 1 N–H and O–H groups in total. The molecule has 0 fully saturated rings. The average molecular weight is 292 g/mol. The summed E-state index contributed by atoms with van der Waals surface area (Å²) in [6, 6.07) is 3.15. The topological polar surface area (TPSA) is 99.4 Å². The molecule has 0 aromatic carbocycles. The Kier molecular flexibility index (Phi) is 5.22. The molecule has 0 aliphatic heterocycles. The third-order valence-corrected chi connectivity index (χ3v) is 2.50. The van der Waals surface area contributed by atoms with E-state index in [1.54, 1.807) is 26.2 Å². The van der Waals surface area contributed by atoms with E-state index in [0.717, 1.165) is 0 Å². The van der Waals surface area contributed by atoms with Crippen LogP contribution in [0, 0.1) is 6.92 Å². The molecular formula is C13H16N4O4. The van der Waals surface area contributed by atoms with Gasteiger partial charge >= 0.3 is 0 Å². The Morgan fingerprint density at radius 1 is 1.43 bits per heavy atom. The number of amides is 1. The summed E-state index contributed by atoms with van der Waals surface area (Å²) >= 11 is 0. The fraction of sp³-hybridized carbons (Fsp3) is 0.385. The zero-order valence-corrected chi connectivity index (χ0v) is 11.8. The number of pyridine rings is 1. The van der Waals surface area contributed by atoms with E-state index in [1.165, 1.54) is 6.20 Å². The second kappa shape index (κ2) is 7.34. The lowest BCUT2D eigenvalue weighted by molar-refractivity contribution is 0.0945. The van der Waals surface area contributed by atoms with Gasteiger partial charge in [-0.15, -0.1) is 0 Å². The molecular weight excluding hydrogens is 276 g/mol. The van der Waals surface area contributed by atoms with Crippen LogP contribution in [0.2, 0.25) is 0 Å². The highest BCUT2D eigenvalue weighted by molar-refractivity contribution is 5.94. The first-order chi connectivity index (χ1) is 10.2. The summed E-state index contributed by atoms with van der Waals surface area (Å²) in [7, 11) is 1.58. The van der Waals surface area contributed by atoms with Gasteiger partial charge in [0.1, 0.15) is 6.61 Å². The van der Waals surface area contributed by atoms with Crippen LogP contribution in [-0.2, 0) is 11.3 Å². The number of methoxy groups -OCH3 is 1. The number of aromatic nitrogens is 3. The van der Waals surface area contributed by atoms with Crippen molar-refractivity contribution in [3.63, 3.8) is 0 Å². The van der Waals surface area contributed by atoms with E-state index in [4.69, 9.17) is 14.0 Å². The Morgan fingerprint density at radius 3 is 3.00 bits per heavy atom. The van der Waals surface area contributed by atoms with E-state index in [-0.39, 0.29) is 12.5 Å². The van der Waals surface area contributed by atoms with Crippen LogP contribution in [0.5, 0.6) is 5.88 Å². The van der Waals surface area contributed by atoms with Crippen molar-refractivity contribution in [3.05, 3.63) is 35.6 Å². The average Bonchev–Trinajstić information content (AvgIpc) is 2.91. The molecule has 2 aromatic rings. The van der Waals surface area contributed by atoms with E-state index in [1.807, 2.05) is 0 Å². The SMILES string of the molecule is COCCOc1cc(C(=O)NCc2nc(C)no2)ccn1. The quantitative estimate of drug-likeness (QED) is 0.751. The Bertz CT molecular complexity index is 599. The molecule has 0 spiro atoms. The van der Waals surface area contributed by atoms with Gasteiger partial charge in [-0.3, -0.25) is 4.79 Å². The highest BCUT2D eigenvalue weighted by Crippen LogP contribution is 2.09. The van der Waals surface area contributed by atoms with Crippen LogP contribution in [0.3, 0.4) is 0 Å². The lowest BCUT2D eigenvalue weighted by Gasteiger charge is -2.06. The molecule has 0 saturated carbocycles. The summed E-state index contributed by atoms with van der Waals surface area (Å²) in [4.78, 5) is 20.0. The molecule has 0 atom stereocenters. The highest BCUT2D eigenvalue weighted by Gasteiger charge is 2.09. The normalized spacial score (nSPS) is 10.4. The molecule has 8 nitrogen and oxygen atoms in total. The number of hydrogen-bond donors (Lipinski definition) is 1. The number of ether oxygens (including phenoxy) is 2. The molecule has 112 valence electrons. The summed E-state index contributed by atoms with van der Waals surface area (Å²) in [6.07, 6.45) is 1.51. The molecule has 2 rings (SSSR count). The Balaban J connectivity index is 1.90. The number of carbonyl (C=O) groups excluding carboxylic acids is 1. The van der Waals surface area contributed by atoms with E-state index in [2.05, 4.69) is 20.4 Å². The molecule has 0 aliphatic carbocycles. The van der Waals surface area contributed by atoms with Crippen molar-refractivity contribution < 1.29 is 18.8 Å². The molecule has 1 amide bonds. The zero-order valence-electron chi connectivity index (χ0n) is 11.8. The maximum atomic E-state index is 12.0. The van der Waals surface area contributed by atoms with Crippen molar-refractivity contribution in [1.82, 2.24) is 20.4 Å². The fourth-order valence-electron chi connectivity index (χ4n) is 1.53. The molecule has 2 aromatic heterocycles. The van der Waals surface area contributed by atoms with Gasteiger partial charge in [0.25, 0.3) is 5.91 Å². The van der Waals surface area contributed by atoms with Gasteiger partial charge in [0.2, 0.25) is 11.8 Å². The highest BCUT2D eigenvalue weighted by atomic mass is 16.5. The number of aryl methyl sites for hydroxylation is 1. The largest absolute Gasteiger partial charge is 0.475 e. The summed E-state index contributed by atoms with van der Waals surface area (Å²) < 4.78 is 15.1. The fourth-order valence-corrected chi connectivity index (χ4v) is 1.53. The van der Waals surface area contributed by atoms with Crippen LogP contribution in [0.4, 0.5) is 0 Å². The standard InChI is InChI=1S/C13H16N4O4/c1-9-16-12(21-17-9)8-15-13(18)10-3-4-14-11(7-10)20-6-5-19-2/h3-4,7H,5-6,8H2,1-2H3,(H,15,18). The van der Waals surface area contributed by atoms with Crippen LogP contribution in [0.1, 0.15) is 22.1 Å². The van der Waals surface area contributed by atoms with Gasteiger partial charge in [0, 0.05) is 24.9 Å². The van der Waals surface area contributed by atoms with Gasteiger partial charge in [0.15, 0.2) is 5.82 Å². The second-order valence-corrected chi connectivity index (χ2v) is 4.14. The predicted octanol–water partition coefficient (Wildman–Crippen LogP) is 0.728. The molecule has 0 radical (unpaired) electrons. The Labute approximate surface area is 121 Å². The van der Waals surface area contributed by atoms with E-state index in [9.17, 15) is 4.79 Å². The third-order valence-electron chi connectivity index (χ3n) is 2.50. The van der Waals surface area contributed by atoms with E-state index >= 15 is 0 Å². The molecule has 0 bridgehead atoms. The summed E-state index contributed by atoms with van der Waals surface area (Å²) in [5.41, 5.74) is 0.439. The van der Waals surface area contributed by atoms with Crippen molar-refractivity contribution in [2.75, 3.05) is 20.3 Å². The van der Waals surface area contributed by atoms with Crippen LogP contribution in [-0.4, -0.2) is 41.4 Å². The number of nitrogens with zero attached hydrogens (tertiary/aromatic N) is 3. The molecule has 8 heteroatoms. The van der Waals surface area contributed by atoms with E-state index < -0.39 is 0 Å². The zero-order chi connectivity index (χ0) is 15.1. The lowest BCUT2D eigenvalue weighted by Crippen LogP contribution is -2.23. The minimum absolute atomic E-state index is 0.169. The van der Waals surface area contributed by atoms with Crippen LogP contribution < -0.4 is 10.1 Å².